The number of alkyl halides is 3. The Morgan fingerprint density at radius 2 is 1.59 bits per heavy atom. The molecule has 272 valence electrons. The predicted octanol–water partition coefficient (Wildman–Crippen LogP) is 10.4. The van der Waals surface area contributed by atoms with Gasteiger partial charge in [-0.1, -0.05) is 57.8 Å². The van der Waals surface area contributed by atoms with E-state index >= 15 is 13.2 Å². The van der Waals surface area contributed by atoms with Crippen LogP contribution in [0.4, 0.5) is 13.2 Å². The van der Waals surface area contributed by atoms with Crippen LogP contribution in [0.2, 0.25) is 28.2 Å². The van der Waals surface area contributed by atoms with Crippen molar-refractivity contribution in [3.63, 3.8) is 0 Å². The number of aryl methyl sites for hydroxylation is 1. The van der Waals surface area contributed by atoms with E-state index in [1.165, 1.54) is 0 Å². The number of hydrogen-bond donors (Lipinski definition) is 1. The summed E-state index contributed by atoms with van der Waals surface area (Å²) in [5.41, 5.74) is -1.04. The maximum absolute atomic E-state index is 15.0. The first-order valence-corrected chi connectivity index (χ1v) is 20.9. The van der Waals surface area contributed by atoms with Crippen LogP contribution >= 0.6 is 23.2 Å². The summed E-state index contributed by atoms with van der Waals surface area (Å²) >= 11 is 13.7. The number of aliphatic carboxylic acids is 1. The Morgan fingerprint density at radius 1 is 1.06 bits per heavy atom. The predicted molar refractivity (Wildman–Crippen MR) is 188 cm³/mol. The van der Waals surface area contributed by atoms with E-state index in [2.05, 4.69) is 39.7 Å². The molecule has 2 aromatic rings. The molecule has 0 radical (unpaired) electrons. The zero-order chi connectivity index (χ0) is 36.3. The molecule has 1 N–H and O–H groups in total. The Kier molecular flexibility index (Phi) is 10.7. The van der Waals surface area contributed by atoms with Crippen molar-refractivity contribution in [1.29, 1.82) is 0 Å². The van der Waals surface area contributed by atoms with Crippen LogP contribution in [-0.2, 0) is 15.4 Å². The molecule has 0 aliphatic heterocycles. The molecular formula is C36H50Cl2F3N3O4Si. The van der Waals surface area contributed by atoms with E-state index < -0.39 is 55.2 Å². The van der Waals surface area contributed by atoms with Gasteiger partial charge in [0.25, 0.3) is 5.91 Å². The molecular weight excluding hydrogens is 694 g/mol. The van der Waals surface area contributed by atoms with Gasteiger partial charge in [-0.15, -0.1) is 0 Å². The number of aromatic nitrogens is 2. The highest BCUT2D eigenvalue weighted by molar-refractivity contribution is 6.73. The van der Waals surface area contributed by atoms with Crippen LogP contribution in [0, 0.1) is 29.6 Å². The number of carbonyl (C=O) groups is 2. The van der Waals surface area contributed by atoms with E-state index in [0.29, 0.717) is 40.3 Å². The lowest BCUT2D eigenvalue weighted by Gasteiger charge is -2.39. The summed E-state index contributed by atoms with van der Waals surface area (Å²) in [6, 6.07) is 5.10. The molecule has 1 heterocycles. The third-order valence-corrected chi connectivity index (χ3v) is 17.8. The first-order valence-electron chi connectivity index (χ1n) is 17.6. The normalized spacial score (nSPS) is 27.1. The Morgan fingerprint density at radius 3 is 2.06 bits per heavy atom. The average Bonchev–Trinajstić information content (AvgIpc) is 3.45. The third-order valence-electron chi connectivity index (χ3n) is 12.5. The fourth-order valence-electron chi connectivity index (χ4n) is 8.75. The summed E-state index contributed by atoms with van der Waals surface area (Å²) in [6.07, 6.45) is -2.32. The fourth-order valence-corrected chi connectivity index (χ4v) is 12.4. The van der Waals surface area contributed by atoms with E-state index in [1.54, 1.807) is 24.0 Å². The summed E-state index contributed by atoms with van der Waals surface area (Å²) in [5.74, 6) is -0.938. The number of carboxylic acids is 1. The average molecular weight is 745 g/mol. The number of fused-ring (bicyclic) bond motifs is 1. The first-order chi connectivity index (χ1) is 22.8. The van der Waals surface area contributed by atoms with E-state index in [0.717, 1.165) is 34.6 Å². The van der Waals surface area contributed by atoms with Crippen molar-refractivity contribution in [2.45, 2.75) is 129 Å². The van der Waals surface area contributed by atoms with Gasteiger partial charge in [0, 0.05) is 21.7 Å². The zero-order valence-electron chi connectivity index (χ0n) is 29.6. The molecule has 3 aliphatic rings. The topological polar surface area (TPSA) is 84.7 Å². The molecule has 7 nitrogen and oxygen atoms in total. The van der Waals surface area contributed by atoms with Gasteiger partial charge in [-0.25, -0.2) is 0 Å². The number of nitrogens with zero attached hydrogens (tertiary/aromatic N) is 3. The van der Waals surface area contributed by atoms with Gasteiger partial charge < -0.3 is 14.4 Å². The van der Waals surface area contributed by atoms with Crippen molar-refractivity contribution in [2.75, 3.05) is 6.54 Å². The smallest absolute Gasteiger partial charge is 0.433 e. The first kappa shape index (κ1) is 38.2. The highest BCUT2D eigenvalue weighted by atomic mass is 35.5. The summed E-state index contributed by atoms with van der Waals surface area (Å²) in [4.78, 5) is 28.1. The van der Waals surface area contributed by atoms with Gasteiger partial charge in [-0.3, -0.25) is 14.3 Å². The summed E-state index contributed by atoms with van der Waals surface area (Å²) in [5, 5.41) is 14.7. The third kappa shape index (κ3) is 7.20. The fraction of sp³-hybridized carbons (Fsp3) is 0.694. The summed E-state index contributed by atoms with van der Waals surface area (Å²) in [6.45, 7) is 14.2. The van der Waals surface area contributed by atoms with Crippen LogP contribution < -0.4 is 0 Å². The van der Waals surface area contributed by atoms with Crippen LogP contribution in [0.15, 0.2) is 18.3 Å². The number of benzene rings is 1. The standard InChI is InChI=1S/C36H50Cl2F3N3O4Si/c1-8-49(9-2,10-3)48-29(30-27(37)15-21(4)16-28(30)38)20-43(23-17-25-26(18-23)34(25,5)6)32(45)24-19-42-44(31(24)36(39,40)41)22-11-13-35(7,14-12-22)33(46)47/h15-16,19,22-23,25-26,29H,8-14,17-18,20H2,1-7H3,(H,46,47)/t22?,23-,25+,26-,29?,35?. The zero-order valence-corrected chi connectivity index (χ0v) is 32.1. The number of halogens is 5. The monoisotopic (exact) mass is 743 g/mol. The van der Waals surface area contributed by atoms with E-state index in [1.807, 2.05) is 6.92 Å². The molecule has 0 bridgehead atoms. The molecule has 4 atom stereocenters. The summed E-state index contributed by atoms with van der Waals surface area (Å²) in [7, 11) is -2.34. The maximum Gasteiger partial charge on any atom is 0.433 e. The number of amides is 1. The number of carbonyl (C=O) groups excluding carboxylic acids is 1. The Labute approximate surface area is 299 Å². The molecule has 5 rings (SSSR count). The molecule has 3 aliphatic carbocycles. The minimum atomic E-state index is -4.87. The van der Waals surface area contributed by atoms with Crippen LogP contribution in [0.5, 0.6) is 0 Å². The quantitative estimate of drug-likeness (QED) is 0.219. The molecule has 1 unspecified atom stereocenters. The second-order valence-electron chi connectivity index (χ2n) is 15.6. The molecule has 49 heavy (non-hydrogen) atoms. The molecule has 1 aromatic heterocycles. The number of hydrogen-bond acceptors (Lipinski definition) is 4. The van der Waals surface area contributed by atoms with Crippen molar-refractivity contribution in [3.8, 4) is 0 Å². The molecule has 3 fully saturated rings. The van der Waals surface area contributed by atoms with Crippen molar-refractivity contribution in [2.24, 2.45) is 22.7 Å². The van der Waals surface area contributed by atoms with E-state index in [-0.39, 0.29) is 43.7 Å². The van der Waals surface area contributed by atoms with Gasteiger partial charge in [0.1, 0.15) is 0 Å². The highest BCUT2D eigenvalue weighted by Crippen LogP contribution is 2.67. The number of rotatable bonds is 12. The van der Waals surface area contributed by atoms with Crippen LogP contribution in [0.25, 0.3) is 0 Å². The second-order valence-corrected chi connectivity index (χ2v) is 21.1. The summed E-state index contributed by atoms with van der Waals surface area (Å²) < 4.78 is 53.0. The minimum Gasteiger partial charge on any atom is -0.481 e. The van der Waals surface area contributed by atoms with Gasteiger partial charge in [-0.05, 0) is 105 Å². The Balaban J connectivity index is 1.57. The second kappa shape index (κ2) is 13.8. The lowest BCUT2D eigenvalue weighted by atomic mass is 9.74. The molecule has 1 amide bonds. The SMILES string of the molecule is CC[Si](CC)(CC)OC(CN(C(=O)c1cnn(C2CCC(C)(C(=O)O)CC2)c1C(F)(F)F)[C@H]1C[C@@H]2[C@H](C1)C2(C)C)c1c(Cl)cc(C)cc1Cl. The van der Waals surface area contributed by atoms with Gasteiger partial charge in [0.15, 0.2) is 14.0 Å². The van der Waals surface area contributed by atoms with E-state index in [9.17, 15) is 14.7 Å². The molecule has 1 aromatic carbocycles. The van der Waals surface area contributed by atoms with Gasteiger partial charge in [0.05, 0.1) is 35.9 Å². The van der Waals surface area contributed by atoms with Gasteiger partial charge in [-0.2, -0.15) is 18.3 Å². The molecule has 13 heteroatoms. The van der Waals surface area contributed by atoms with Crippen molar-refractivity contribution < 1.29 is 32.3 Å². The van der Waals surface area contributed by atoms with Crippen LogP contribution in [-0.4, -0.2) is 52.6 Å². The van der Waals surface area contributed by atoms with Crippen molar-refractivity contribution in [1.82, 2.24) is 14.7 Å². The lowest BCUT2D eigenvalue weighted by Crippen LogP contribution is -2.46. The maximum atomic E-state index is 15.0. The number of carboxylic acid groups (broad SMARTS) is 1. The molecule has 0 spiro atoms. The van der Waals surface area contributed by atoms with Crippen LogP contribution in [0.3, 0.4) is 0 Å². The van der Waals surface area contributed by atoms with Crippen molar-refractivity contribution in [3.05, 3.63) is 50.8 Å². The van der Waals surface area contributed by atoms with Crippen LogP contribution in [0.1, 0.15) is 119 Å². The van der Waals surface area contributed by atoms with Gasteiger partial charge in [0.2, 0.25) is 0 Å². The van der Waals surface area contributed by atoms with Gasteiger partial charge >= 0.3 is 12.1 Å². The Hall–Kier alpha value is -2.08. The largest absolute Gasteiger partial charge is 0.481 e. The Bertz CT molecular complexity index is 1520. The molecule has 0 saturated heterocycles. The van der Waals surface area contributed by atoms with E-state index in [4.69, 9.17) is 27.6 Å². The molecule has 3 saturated carbocycles. The lowest BCUT2D eigenvalue weighted by molar-refractivity contribution is -0.152. The van der Waals surface area contributed by atoms with Crippen molar-refractivity contribution >= 4 is 43.4 Å². The highest BCUT2D eigenvalue weighted by Gasteiger charge is 2.63. The minimum absolute atomic E-state index is 0.00346.